The van der Waals surface area contributed by atoms with Crippen molar-refractivity contribution in [3.8, 4) is 17.1 Å². The summed E-state index contributed by atoms with van der Waals surface area (Å²) in [5.41, 5.74) is 1.86. The summed E-state index contributed by atoms with van der Waals surface area (Å²) in [6.45, 7) is 2.20. The van der Waals surface area contributed by atoms with Gasteiger partial charge in [-0.3, -0.25) is 9.67 Å². The fourth-order valence-corrected chi connectivity index (χ4v) is 4.16. The monoisotopic (exact) mass is 336 g/mol. The van der Waals surface area contributed by atoms with Crippen LogP contribution in [0.25, 0.3) is 17.1 Å². The number of nitrogens with zero attached hydrogens (tertiary/aromatic N) is 7. The minimum Gasteiger partial charge on any atom is -0.342 e. The van der Waals surface area contributed by atoms with Crippen molar-refractivity contribution in [1.82, 2.24) is 34.9 Å². The highest BCUT2D eigenvalue weighted by Crippen LogP contribution is 2.42. The zero-order chi connectivity index (χ0) is 16.8. The van der Waals surface area contributed by atoms with Gasteiger partial charge in [0.15, 0.2) is 17.5 Å². The zero-order valence-electron chi connectivity index (χ0n) is 14.1. The second-order valence-electron chi connectivity index (χ2n) is 6.72. The van der Waals surface area contributed by atoms with Crippen LogP contribution in [0.2, 0.25) is 0 Å². The molecule has 5 rings (SSSR count). The first kappa shape index (κ1) is 14.6. The molecule has 0 amide bonds. The van der Waals surface area contributed by atoms with Crippen LogP contribution in [0.3, 0.4) is 0 Å². The Labute approximate surface area is 145 Å². The molecule has 1 aliphatic carbocycles. The van der Waals surface area contributed by atoms with E-state index < -0.39 is 0 Å². The van der Waals surface area contributed by atoms with Gasteiger partial charge in [-0.2, -0.15) is 5.10 Å². The minimum atomic E-state index is 0.199. The molecule has 0 saturated heterocycles. The standard InChI is InChI=1S/C17H20N8/c1-2-13-17-23-21-10-24(17)14-9-18-15(11-7-19-20-8-11)22-16(14)25(13)12-5-3-4-6-12/h7-10,12-13H,2-6H2,1H3,(H,19,20)/t13-/m1/s1. The summed E-state index contributed by atoms with van der Waals surface area (Å²) in [7, 11) is 0. The number of anilines is 1. The Balaban J connectivity index is 1.70. The molecule has 1 aliphatic heterocycles. The number of aromatic nitrogens is 7. The van der Waals surface area contributed by atoms with E-state index >= 15 is 0 Å². The van der Waals surface area contributed by atoms with E-state index in [0.29, 0.717) is 11.9 Å². The predicted octanol–water partition coefficient (Wildman–Crippen LogP) is 2.66. The molecule has 0 radical (unpaired) electrons. The van der Waals surface area contributed by atoms with Crippen molar-refractivity contribution in [3.63, 3.8) is 0 Å². The Morgan fingerprint density at radius 2 is 2.12 bits per heavy atom. The SMILES string of the molecule is CC[C@@H]1c2nncn2-c2cnc(-c3cn[nH]c3)nc2N1C1CCCC1. The minimum absolute atomic E-state index is 0.199. The van der Waals surface area contributed by atoms with Crippen molar-refractivity contribution in [2.24, 2.45) is 0 Å². The second kappa shape index (κ2) is 5.65. The molecule has 2 aliphatic rings. The van der Waals surface area contributed by atoms with Crippen LogP contribution in [0.1, 0.15) is 50.9 Å². The van der Waals surface area contributed by atoms with E-state index in [1.165, 1.54) is 25.7 Å². The highest BCUT2D eigenvalue weighted by molar-refractivity contribution is 5.66. The van der Waals surface area contributed by atoms with E-state index in [4.69, 9.17) is 4.98 Å². The Morgan fingerprint density at radius 3 is 2.88 bits per heavy atom. The first-order chi connectivity index (χ1) is 12.4. The van der Waals surface area contributed by atoms with Gasteiger partial charge in [0.25, 0.3) is 0 Å². The molecule has 8 heteroatoms. The number of hydrogen-bond donors (Lipinski definition) is 1. The van der Waals surface area contributed by atoms with E-state index in [1.807, 2.05) is 17.0 Å². The summed E-state index contributed by atoms with van der Waals surface area (Å²) in [5, 5.41) is 15.4. The van der Waals surface area contributed by atoms with E-state index in [9.17, 15) is 0 Å². The van der Waals surface area contributed by atoms with Crippen LogP contribution < -0.4 is 4.90 Å². The Bertz CT molecular complexity index is 878. The molecule has 8 nitrogen and oxygen atoms in total. The maximum Gasteiger partial charge on any atom is 0.164 e. The lowest BCUT2D eigenvalue weighted by molar-refractivity contribution is 0.469. The molecular weight excluding hydrogens is 316 g/mol. The average molecular weight is 336 g/mol. The van der Waals surface area contributed by atoms with Crippen molar-refractivity contribution in [3.05, 3.63) is 30.7 Å². The van der Waals surface area contributed by atoms with Gasteiger partial charge in [0.1, 0.15) is 12.0 Å². The van der Waals surface area contributed by atoms with Crippen molar-refractivity contribution in [2.75, 3.05) is 4.90 Å². The molecule has 128 valence electrons. The third kappa shape index (κ3) is 2.16. The molecule has 4 heterocycles. The van der Waals surface area contributed by atoms with Gasteiger partial charge in [-0.25, -0.2) is 9.97 Å². The van der Waals surface area contributed by atoms with E-state index in [-0.39, 0.29) is 6.04 Å². The molecule has 0 spiro atoms. The van der Waals surface area contributed by atoms with E-state index in [0.717, 1.165) is 29.3 Å². The third-order valence-electron chi connectivity index (χ3n) is 5.32. The average Bonchev–Trinajstić information content (AvgIpc) is 3.42. The zero-order valence-corrected chi connectivity index (χ0v) is 14.1. The van der Waals surface area contributed by atoms with Crippen LogP contribution in [0.5, 0.6) is 0 Å². The maximum atomic E-state index is 4.94. The molecule has 25 heavy (non-hydrogen) atoms. The highest BCUT2D eigenvalue weighted by Gasteiger charge is 2.38. The van der Waals surface area contributed by atoms with Gasteiger partial charge in [0.05, 0.1) is 24.0 Å². The Kier molecular flexibility index (Phi) is 3.29. The summed E-state index contributed by atoms with van der Waals surface area (Å²) < 4.78 is 2.04. The third-order valence-corrected chi connectivity index (χ3v) is 5.32. The smallest absolute Gasteiger partial charge is 0.164 e. The van der Waals surface area contributed by atoms with Gasteiger partial charge in [-0.15, -0.1) is 10.2 Å². The van der Waals surface area contributed by atoms with Crippen LogP contribution in [0.4, 0.5) is 5.82 Å². The molecule has 3 aromatic heterocycles. The van der Waals surface area contributed by atoms with E-state index in [2.05, 4.69) is 37.2 Å². The Hall–Kier alpha value is -2.77. The van der Waals surface area contributed by atoms with Gasteiger partial charge in [-0.05, 0) is 19.3 Å². The van der Waals surface area contributed by atoms with Crippen LogP contribution in [0, 0.1) is 0 Å². The summed E-state index contributed by atoms with van der Waals surface area (Å²) in [4.78, 5) is 12.0. The van der Waals surface area contributed by atoms with Gasteiger partial charge in [0.2, 0.25) is 0 Å². The number of nitrogens with one attached hydrogen (secondary N) is 1. The van der Waals surface area contributed by atoms with Gasteiger partial charge in [0, 0.05) is 12.2 Å². The van der Waals surface area contributed by atoms with Crippen LogP contribution in [0.15, 0.2) is 24.9 Å². The number of fused-ring (bicyclic) bond motifs is 3. The lowest BCUT2D eigenvalue weighted by Gasteiger charge is -2.40. The summed E-state index contributed by atoms with van der Waals surface area (Å²) in [5.74, 6) is 2.67. The molecule has 1 N–H and O–H groups in total. The fourth-order valence-electron chi connectivity index (χ4n) is 4.16. The van der Waals surface area contributed by atoms with Crippen LogP contribution in [-0.4, -0.2) is 41.0 Å². The summed E-state index contributed by atoms with van der Waals surface area (Å²) >= 11 is 0. The fraction of sp³-hybridized carbons (Fsp3) is 0.471. The predicted molar refractivity (Wildman–Crippen MR) is 92.3 cm³/mol. The maximum absolute atomic E-state index is 4.94. The molecule has 1 saturated carbocycles. The number of H-pyrrole nitrogens is 1. The Morgan fingerprint density at radius 1 is 1.24 bits per heavy atom. The summed E-state index contributed by atoms with van der Waals surface area (Å²) in [6, 6.07) is 0.700. The van der Waals surface area contributed by atoms with Crippen molar-refractivity contribution in [2.45, 2.75) is 51.1 Å². The highest BCUT2D eigenvalue weighted by atomic mass is 15.4. The lowest BCUT2D eigenvalue weighted by atomic mass is 10.0. The number of aromatic amines is 1. The van der Waals surface area contributed by atoms with Crippen molar-refractivity contribution in [1.29, 1.82) is 0 Å². The first-order valence-electron chi connectivity index (χ1n) is 8.91. The van der Waals surface area contributed by atoms with Crippen LogP contribution >= 0.6 is 0 Å². The largest absolute Gasteiger partial charge is 0.342 e. The van der Waals surface area contributed by atoms with Crippen molar-refractivity contribution < 1.29 is 0 Å². The second-order valence-corrected chi connectivity index (χ2v) is 6.72. The number of hydrogen-bond acceptors (Lipinski definition) is 6. The molecule has 3 aromatic rings. The van der Waals surface area contributed by atoms with Crippen LogP contribution in [-0.2, 0) is 0 Å². The van der Waals surface area contributed by atoms with Gasteiger partial charge < -0.3 is 4.90 Å². The van der Waals surface area contributed by atoms with Gasteiger partial charge in [-0.1, -0.05) is 19.8 Å². The molecule has 0 bridgehead atoms. The van der Waals surface area contributed by atoms with Gasteiger partial charge >= 0.3 is 0 Å². The van der Waals surface area contributed by atoms with Crippen molar-refractivity contribution >= 4 is 5.82 Å². The molecule has 0 aromatic carbocycles. The molecular formula is C17H20N8. The normalized spacial score (nSPS) is 19.9. The molecule has 0 unspecified atom stereocenters. The first-order valence-corrected chi connectivity index (χ1v) is 8.91. The van der Waals surface area contributed by atoms with E-state index in [1.54, 1.807) is 12.5 Å². The summed E-state index contributed by atoms with van der Waals surface area (Å²) in [6.07, 6.45) is 13.2. The quantitative estimate of drug-likeness (QED) is 0.791. The topological polar surface area (TPSA) is 88.4 Å². The molecule has 1 fully saturated rings. The number of rotatable bonds is 3. The molecule has 1 atom stereocenters. The lowest BCUT2D eigenvalue weighted by Crippen LogP contribution is -2.42.